The molecular formula is C13H14BrN3O. The van der Waals surface area contributed by atoms with Crippen molar-refractivity contribution in [1.29, 1.82) is 0 Å². The van der Waals surface area contributed by atoms with Crippen LogP contribution in [0.1, 0.15) is 0 Å². The molecule has 4 nitrogen and oxygen atoms in total. The van der Waals surface area contributed by atoms with E-state index in [1.54, 1.807) is 0 Å². The van der Waals surface area contributed by atoms with Crippen LogP contribution in [0.3, 0.4) is 0 Å². The van der Waals surface area contributed by atoms with Gasteiger partial charge in [-0.25, -0.2) is 0 Å². The van der Waals surface area contributed by atoms with E-state index in [1.165, 1.54) is 0 Å². The maximum absolute atomic E-state index is 5.43. The first-order valence-corrected chi connectivity index (χ1v) is 6.80. The summed E-state index contributed by atoms with van der Waals surface area (Å²) in [6.07, 6.45) is 1.81. The van der Waals surface area contributed by atoms with Gasteiger partial charge in [-0.05, 0) is 12.1 Å². The Bertz CT molecular complexity index is 535. The fraction of sp³-hybridized carbons (Fsp3) is 0.308. The lowest BCUT2D eigenvalue weighted by molar-refractivity contribution is 0.432. The molecule has 18 heavy (non-hydrogen) atoms. The van der Waals surface area contributed by atoms with Crippen LogP contribution in [0.4, 0.5) is 5.69 Å². The molecule has 0 unspecified atom stereocenters. The Hall–Kier alpha value is -1.33. The maximum Gasteiger partial charge on any atom is 0.190 e. The minimum absolute atomic E-state index is 0.846. The average Bonchev–Trinajstić information content (AvgIpc) is 2.89. The molecular weight excluding hydrogens is 294 g/mol. The summed E-state index contributed by atoms with van der Waals surface area (Å²) in [5.74, 6) is 0.846. The summed E-state index contributed by atoms with van der Waals surface area (Å²) in [6.45, 7) is 3.98. The molecule has 0 aliphatic carbocycles. The normalized spacial score (nSPS) is 15.9. The fourth-order valence-electron chi connectivity index (χ4n) is 2.20. The number of nitrogens with one attached hydrogen (secondary N) is 1. The van der Waals surface area contributed by atoms with E-state index < -0.39 is 0 Å². The summed E-state index contributed by atoms with van der Waals surface area (Å²) in [4.78, 5) is 2.31. The van der Waals surface area contributed by atoms with Crippen LogP contribution < -0.4 is 10.2 Å². The molecule has 3 rings (SSSR count). The van der Waals surface area contributed by atoms with E-state index in [1.807, 2.05) is 30.5 Å². The standard InChI is InChI=1S/C13H14BrN3O/c14-11-3-1-2-10(8-11)13-12(9-16-18-13)17-6-4-15-5-7-17/h1-3,8-9,15H,4-7H2. The minimum Gasteiger partial charge on any atom is -0.365 e. The monoisotopic (exact) mass is 307 g/mol. The molecule has 0 bridgehead atoms. The lowest BCUT2D eigenvalue weighted by Crippen LogP contribution is -2.43. The van der Waals surface area contributed by atoms with Crippen LogP contribution in [-0.4, -0.2) is 31.3 Å². The molecule has 0 atom stereocenters. The van der Waals surface area contributed by atoms with Crippen molar-refractivity contribution < 1.29 is 4.52 Å². The molecule has 1 fully saturated rings. The summed E-state index contributed by atoms with van der Waals surface area (Å²) in [5, 5.41) is 7.30. The Morgan fingerprint density at radius 3 is 2.89 bits per heavy atom. The second-order valence-electron chi connectivity index (χ2n) is 4.29. The van der Waals surface area contributed by atoms with Gasteiger partial charge in [0.15, 0.2) is 5.76 Å². The van der Waals surface area contributed by atoms with Crippen molar-refractivity contribution in [2.24, 2.45) is 0 Å². The van der Waals surface area contributed by atoms with Crippen molar-refractivity contribution in [3.8, 4) is 11.3 Å². The van der Waals surface area contributed by atoms with Crippen molar-refractivity contribution in [2.75, 3.05) is 31.1 Å². The van der Waals surface area contributed by atoms with E-state index >= 15 is 0 Å². The molecule has 1 aromatic heterocycles. The largest absolute Gasteiger partial charge is 0.365 e. The molecule has 1 aliphatic heterocycles. The van der Waals surface area contributed by atoms with E-state index in [2.05, 4.69) is 31.3 Å². The molecule has 94 valence electrons. The molecule has 0 radical (unpaired) electrons. The molecule has 1 saturated heterocycles. The van der Waals surface area contributed by atoms with Crippen molar-refractivity contribution in [3.63, 3.8) is 0 Å². The highest BCUT2D eigenvalue weighted by Crippen LogP contribution is 2.32. The van der Waals surface area contributed by atoms with Crippen molar-refractivity contribution >= 4 is 21.6 Å². The first kappa shape index (κ1) is 11.7. The summed E-state index contributed by atoms with van der Waals surface area (Å²) in [6, 6.07) is 8.09. The Morgan fingerprint density at radius 1 is 1.28 bits per heavy atom. The molecule has 0 saturated carbocycles. The second kappa shape index (κ2) is 5.12. The third-order valence-corrected chi connectivity index (χ3v) is 3.59. The first-order valence-electron chi connectivity index (χ1n) is 6.01. The molecule has 1 N–H and O–H groups in total. The van der Waals surface area contributed by atoms with E-state index in [9.17, 15) is 0 Å². The van der Waals surface area contributed by atoms with E-state index in [0.29, 0.717) is 0 Å². The average molecular weight is 308 g/mol. The van der Waals surface area contributed by atoms with Crippen LogP contribution in [0.2, 0.25) is 0 Å². The minimum atomic E-state index is 0.846. The lowest BCUT2D eigenvalue weighted by Gasteiger charge is -2.28. The third kappa shape index (κ3) is 2.28. The van der Waals surface area contributed by atoms with Gasteiger partial charge in [0.25, 0.3) is 0 Å². The Labute approximate surface area is 114 Å². The number of nitrogens with zero attached hydrogens (tertiary/aromatic N) is 2. The van der Waals surface area contributed by atoms with Gasteiger partial charge in [0.05, 0.1) is 6.20 Å². The molecule has 2 aromatic rings. The Kier molecular flexibility index (Phi) is 3.34. The van der Waals surface area contributed by atoms with Gasteiger partial charge >= 0.3 is 0 Å². The topological polar surface area (TPSA) is 41.3 Å². The predicted molar refractivity (Wildman–Crippen MR) is 74.7 cm³/mol. The van der Waals surface area contributed by atoms with Crippen molar-refractivity contribution in [2.45, 2.75) is 0 Å². The zero-order valence-electron chi connectivity index (χ0n) is 9.90. The lowest BCUT2D eigenvalue weighted by atomic mass is 10.1. The van der Waals surface area contributed by atoms with Gasteiger partial charge in [-0.3, -0.25) is 0 Å². The Morgan fingerprint density at radius 2 is 2.11 bits per heavy atom. The highest BCUT2D eigenvalue weighted by atomic mass is 79.9. The summed E-state index contributed by atoms with van der Waals surface area (Å²) < 4.78 is 6.47. The van der Waals surface area contributed by atoms with E-state index in [4.69, 9.17) is 4.52 Å². The fourth-order valence-corrected chi connectivity index (χ4v) is 2.59. The van der Waals surface area contributed by atoms with Gasteiger partial charge in [0.2, 0.25) is 0 Å². The molecule has 2 heterocycles. The van der Waals surface area contributed by atoms with Crippen LogP contribution in [-0.2, 0) is 0 Å². The van der Waals surface area contributed by atoms with Gasteiger partial charge in [0.1, 0.15) is 5.69 Å². The van der Waals surface area contributed by atoms with Gasteiger partial charge in [0, 0.05) is 36.2 Å². The zero-order chi connectivity index (χ0) is 12.4. The van der Waals surface area contributed by atoms with E-state index in [-0.39, 0.29) is 0 Å². The number of halogens is 1. The van der Waals surface area contributed by atoms with Gasteiger partial charge in [-0.15, -0.1) is 0 Å². The first-order chi connectivity index (χ1) is 8.84. The maximum atomic E-state index is 5.43. The second-order valence-corrected chi connectivity index (χ2v) is 5.20. The molecule has 1 aromatic carbocycles. The SMILES string of the molecule is Brc1cccc(-c2oncc2N2CCNCC2)c1. The predicted octanol–water partition coefficient (Wildman–Crippen LogP) is 2.51. The van der Waals surface area contributed by atoms with Crippen LogP contribution in [0.15, 0.2) is 39.5 Å². The van der Waals surface area contributed by atoms with E-state index in [0.717, 1.165) is 47.7 Å². The van der Waals surface area contributed by atoms with Crippen LogP contribution in [0.5, 0.6) is 0 Å². The molecule has 0 amide bonds. The highest BCUT2D eigenvalue weighted by Gasteiger charge is 2.18. The highest BCUT2D eigenvalue weighted by molar-refractivity contribution is 9.10. The number of piperazine rings is 1. The van der Waals surface area contributed by atoms with Crippen molar-refractivity contribution in [3.05, 3.63) is 34.9 Å². The number of benzene rings is 1. The Balaban J connectivity index is 1.95. The zero-order valence-corrected chi connectivity index (χ0v) is 11.5. The van der Waals surface area contributed by atoms with Crippen molar-refractivity contribution in [1.82, 2.24) is 10.5 Å². The van der Waals surface area contributed by atoms with Crippen LogP contribution in [0, 0.1) is 0 Å². The number of rotatable bonds is 2. The number of anilines is 1. The smallest absolute Gasteiger partial charge is 0.190 e. The quantitative estimate of drug-likeness (QED) is 0.925. The third-order valence-electron chi connectivity index (χ3n) is 3.10. The van der Waals surface area contributed by atoms with Gasteiger partial charge < -0.3 is 14.7 Å². The van der Waals surface area contributed by atoms with Gasteiger partial charge in [-0.2, -0.15) is 0 Å². The molecule has 1 aliphatic rings. The van der Waals surface area contributed by atoms with Crippen LogP contribution in [0.25, 0.3) is 11.3 Å². The summed E-state index contributed by atoms with van der Waals surface area (Å²) in [5.41, 5.74) is 2.13. The van der Waals surface area contributed by atoms with Crippen LogP contribution >= 0.6 is 15.9 Å². The number of hydrogen-bond donors (Lipinski definition) is 1. The molecule has 0 spiro atoms. The molecule has 5 heteroatoms. The summed E-state index contributed by atoms with van der Waals surface area (Å²) in [7, 11) is 0. The summed E-state index contributed by atoms with van der Waals surface area (Å²) >= 11 is 3.48. The van der Waals surface area contributed by atoms with Gasteiger partial charge in [-0.1, -0.05) is 33.2 Å². The number of aromatic nitrogens is 1. The number of hydrogen-bond acceptors (Lipinski definition) is 4.